The predicted molar refractivity (Wildman–Crippen MR) is 101 cm³/mol. The van der Waals surface area contributed by atoms with Crippen molar-refractivity contribution < 1.29 is 14.3 Å². The Morgan fingerprint density at radius 2 is 1.88 bits per heavy atom. The van der Waals surface area contributed by atoms with Crippen molar-refractivity contribution in [1.29, 1.82) is 0 Å². The van der Waals surface area contributed by atoms with E-state index in [0.717, 1.165) is 58.8 Å². The van der Waals surface area contributed by atoms with Crippen LogP contribution >= 0.6 is 0 Å². The van der Waals surface area contributed by atoms with Crippen molar-refractivity contribution in [2.45, 2.75) is 38.5 Å². The summed E-state index contributed by atoms with van der Waals surface area (Å²) in [7, 11) is 0. The first kappa shape index (κ1) is 19.1. The van der Waals surface area contributed by atoms with Gasteiger partial charge in [0.05, 0.1) is 25.9 Å². The van der Waals surface area contributed by atoms with Crippen molar-refractivity contribution in [2.75, 3.05) is 45.9 Å². The summed E-state index contributed by atoms with van der Waals surface area (Å²) in [5.41, 5.74) is 1.20. The van der Waals surface area contributed by atoms with Crippen LogP contribution in [0.1, 0.15) is 25.3 Å². The van der Waals surface area contributed by atoms with Crippen LogP contribution in [0.2, 0.25) is 0 Å². The van der Waals surface area contributed by atoms with E-state index in [4.69, 9.17) is 9.47 Å². The minimum Gasteiger partial charge on any atom is -0.379 e. The molecule has 2 aliphatic rings. The Morgan fingerprint density at radius 3 is 2.58 bits per heavy atom. The van der Waals surface area contributed by atoms with Crippen LogP contribution in [0.3, 0.4) is 0 Å². The van der Waals surface area contributed by atoms with Crippen LogP contribution in [0.4, 0.5) is 4.79 Å². The third-order valence-electron chi connectivity index (χ3n) is 5.06. The van der Waals surface area contributed by atoms with Gasteiger partial charge >= 0.3 is 6.03 Å². The third kappa shape index (κ3) is 5.97. The van der Waals surface area contributed by atoms with Gasteiger partial charge < -0.3 is 19.7 Å². The summed E-state index contributed by atoms with van der Waals surface area (Å²) in [5, 5.41) is 3.13. The third-order valence-corrected chi connectivity index (χ3v) is 5.06. The lowest BCUT2D eigenvalue weighted by Gasteiger charge is -2.34. The maximum Gasteiger partial charge on any atom is 0.317 e. The number of carbonyl (C=O) groups is 1. The van der Waals surface area contributed by atoms with E-state index in [9.17, 15) is 4.79 Å². The number of ether oxygens (including phenoxy) is 2. The molecule has 3 rings (SSSR count). The number of likely N-dealkylation sites (tertiary alicyclic amines) is 1. The first-order valence-electron chi connectivity index (χ1n) is 9.72. The molecule has 0 bridgehead atoms. The molecule has 1 N–H and O–H groups in total. The molecule has 1 aromatic carbocycles. The highest BCUT2D eigenvalue weighted by Gasteiger charge is 2.24. The molecule has 0 aromatic heterocycles. The Hall–Kier alpha value is -1.63. The van der Waals surface area contributed by atoms with Gasteiger partial charge in [-0.05, 0) is 25.3 Å². The molecule has 1 unspecified atom stereocenters. The van der Waals surface area contributed by atoms with E-state index in [-0.39, 0.29) is 18.2 Å². The summed E-state index contributed by atoms with van der Waals surface area (Å²) in [4.78, 5) is 16.7. The van der Waals surface area contributed by atoms with Crippen molar-refractivity contribution in [3.05, 3.63) is 35.9 Å². The maximum atomic E-state index is 12.5. The molecule has 2 saturated heterocycles. The van der Waals surface area contributed by atoms with Gasteiger partial charge in [0.15, 0.2) is 0 Å². The number of carbonyl (C=O) groups excluding carboxylic acids is 1. The SMILES string of the molecule is CC(CN1CCOCC1)NC(=O)N1CCC(OCc2ccccc2)CC1. The molecule has 6 heteroatoms. The molecule has 144 valence electrons. The van der Waals surface area contributed by atoms with Crippen molar-refractivity contribution in [3.8, 4) is 0 Å². The smallest absolute Gasteiger partial charge is 0.317 e. The minimum absolute atomic E-state index is 0.0484. The zero-order chi connectivity index (χ0) is 18.2. The number of rotatable bonds is 6. The Morgan fingerprint density at radius 1 is 1.19 bits per heavy atom. The Bertz CT molecular complexity index is 540. The van der Waals surface area contributed by atoms with E-state index >= 15 is 0 Å². The van der Waals surface area contributed by atoms with E-state index < -0.39 is 0 Å². The van der Waals surface area contributed by atoms with E-state index in [1.807, 2.05) is 23.1 Å². The van der Waals surface area contributed by atoms with Gasteiger partial charge in [-0.3, -0.25) is 4.90 Å². The summed E-state index contributed by atoms with van der Waals surface area (Å²) >= 11 is 0. The highest BCUT2D eigenvalue weighted by atomic mass is 16.5. The summed E-state index contributed by atoms with van der Waals surface area (Å²) in [6, 6.07) is 10.4. The lowest BCUT2D eigenvalue weighted by molar-refractivity contribution is 0.00402. The lowest BCUT2D eigenvalue weighted by Crippen LogP contribution is -2.51. The first-order valence-corrected chi connectivity index (χ1v) is 9.72. The topological polar surface area (TPSA) is 54.0 Å². The van der Waals surface area contributed by atoms with E-state index in [2.05, 4.69) is 29.3 Å². The monoisotopic (exact) mass is 361 g/mol. The molecule has 0 radical (unpaired) electrons. The van der Waals surface area contributed by atoms with Crippen LogP contribution in [0.15, 0.2) is 30.3 Å². The van der Waals surface area contributed by atoms with Gasteiger partial charge in [0.25, 0.3) is 0 Å². The number of urea groups is 1. The number of hydrogen-bond donors (Lipinski definition) is 1. The van der Waals surface area contributed by atoms with Crippen LogP contribution in [-0.4, -0.2) is 73.9 Å². The molecule has 2 amide bonds. The summed E-state index contributed by atoms with van der Waals surface area (Å²) in [5.74, 6) is 0. The second-order valence-electron chi connectivity index (χ2n) is 7.25. The number of piperidine rings is 1. The van der Waals surface area contributed by atoms with Crippen molar-refractivity contribution in [2.24, 2.45) is 0 Å². The molecule has 1 atom stereocenters. The average molecular weight is 361 g/mol. The molecule has 0 aliphatic carbocycles. The van der Waals surface area contributed by atoms with Crippen LogP contribution in [0.5, 0.6) is 0 Å². The lowest BCUT2D eigenvalue weighted by atomic mass is 10.1. The quantitative estimate of drug-likeness (QED) is 0.843. The fourth-order valence-corrected chi connectivity index (χ4v) is 3.53. The Kier molecular flexibility index (Phi) is 7.29. The minimum atomic E-state index is 0.0484. The zero-order valence-electron chi connectivity index (χ0n) is 15.7. The molecular formula is C20H31N3O3. The fourth-order valence-electron chi connectivity index (χ4n) is 3.53. The molecular weight excluding hydrogens is 330 g/mol. The van der Waals surface area contributed by atoms with Gasteiger partial charge in [0.1, 0.15) is 0 Å². The fraction of sp³-hybridized carbons (Fsp3) is 0.650. The second-order valence-corrected chi connectivity index (χ2v) is 7.25. The van der Waals surface area contributed by atoms with Crippen molar-refractivity contribution >= 4 is 6.03 Å². The standard InChI is InChI=1S/C20H31N3O3/c1-17(15-22-11-13-25-14-12-22)21-20(24)23-9-7-19(8-10-23)26-16-18-5-3-2-4-6-18/h2-6,17,19H,7-16H2,1H3,(H,21,24). The number of nitrogens with one attached hydrogen (secondary N) is 1. The number of nitrogens with zero attached hydrogens (tertiary/aromatic N) is 2. The normalized spacial score (nSPS) is 20.7. The zero-order valence-corrected chi connectivity index (χ0v) is 15.7. The van der Waals surface area contributed by atoms with Gasteiger partial charge in [-0.1, -0.05) is 30.3 Å². The summed E-state index contributed by atoms with van der Waals surface area (Å²) in [6.45, 7) is 8.59. The molecule has 0 spiro atoms. The predicted octanol–water partition coefficient (Wildman–Crippen LogP) is 2.10. The number of hydrogen-bond acceptors (Lipinski definition) is 4. The van der Waals surface area contributed by atoms with Crippen LogP contribution < -0.4 is 5.32 Å². The molecule has 2 fully saturated rings. The van der Waals surface area contributed by atoms with Gasteiger partial charge in [-0.2, -0.15) is 0 Å². The second kappa shape index (κ2) is 9.90. The first-order chi connectivity index (χ1) is 12.7. The number of amides is 2. The van der Waals surface area contributed by atoms with Gasteiger partial charge in [0, 0.05) is 38.8 Å². The molecule has 2 heterocycles. The molecule has 6 nitrogen and oxygen atoms in total. The molecule has 2 aliphatic heterocycles. The molecule has 0 saturated carbocycles. The van der Waals surface area contributed by atoms with Gasteiger partial charge in [-0.25, -0.2) is 4.79 Å². The van der Waals surface area contributed by atoms with Gasteiger partial charge in [0.2, 0.25) is 0 Å². The van der Waals surface area contributed by atoms with Gasteiger partial charge in [-0.15, -0.1) is 0 Å². The summed E-state index contributed by atoms with van der Waals surface area (Å²) < 4.78 is 11.4. The number of benzene rings is 1. The number of morpholine rings is 1. The van der Waals surface area contributed by atoms with E-state index in [0.29, 0.717) is 6.61 Å². The van der Waals surface area contributed by atoms with Crippen molar-refractivity contribution in [3.63, 3.8) is 0 Å². The molecule has 1 aromatic rings. The Balaban J connectivity index is 1.33. The average Bonchev–Trinajstić information content (AvgIpc) is 2.68. The molecule has 26 heavy (non-hydrogen) atoms. The van der Waals surface area contributed by atoms with E-state index in [1.54, 1.807) is 0 Å². The Labute approximate surface area is 156 Å². The summed E-state index contributed by atoms with van der Waals surface area (Å²) in [6.07, 6.45) is 2.04. The van der Waals surface area contributed by atoms with Crippen LogP contribution in [0, 0.1) is 0 Å². The van der Waals surface area contributed by atoms with E-state index in [1.165, 1.54) is 5.56 Å². The highest BCUT2D eigenvalue weighted by Crippen LogP contribution is 2.16. The van der Waals surface area contributed by atoms with Crippen LogP contribution in [0.25, 0.3) is 0 Å². The highest BCUT2D eigenvalue weighted by molar-refractivity contribution is 5.74. The van der Waals surface area contributed by atoms with Crippen LogP contribution in [-0.2, 0) is 16.1 Å². The largest absolute Gasteiger partial charge is 0.379 e. The van der Waals surface area contributed by atoms with Crippen molar-refractivity contribution in [1.82, 2.24) is 15.1 Å². The maximum absolute atomic E-state index is 12.5.